The van der Waals surface area contributed by atoms with Crippen molar-refractivity contribution >= 4 is 5.91 Å². The summed E-state index contributed by atoms with van der Waals surface area (Å²) in [7, 11) is 4.14. The lowest BCUT2D eigenvalue weighted by atomic mass is 10.1. The van der Waals surface area contributed by atoms with Crippen molar-refractivity contribution in [1.82, 2.24) is 14.8 Å². The molecular formula is C14H23N3O2. The molecule has 0 radical (unpaired) electrons. The Balaban J connectivity index is 2.15. The highest BCUT2D eigenvalue weighted by Gasteiger charge is 2.27. The summed E-state index contributed by atoms with van der Waals surface area (Å²) in [6.45, 7) is 5.17. The van der Waals surface area contributed by atoms with E-state index in [0.29, 0.717) is 23.4 Å². The van der Waals surface area contributed by atoms with Crippen LogP contribution < -0.4 is 0 Å². The highest BCUT2D eigenvalue weighted by molar-refractivity contribution is 5.92. The first kappa shape index (κ1) is 14.1. The fourth-order valence-electron chi connectivity index (χ4n) is 2.60. The number of carbonyl (C=O) groups is 1. The molecule has 106 valence electrons. The third-order valence-corrected chi connectivity index (χ3v) is 3.76. The first-order valence-corrected chi connectivity index (χ1v) is 6.88. The van der Waals surface area contributed by atoms with Gasteiger partial charge in [0.25, 0.3) is 5.91 Å². The molecule has 0 aliphatic carbocycles. The minimum Gasteiger partial charge on any atom is -0.436 e. The van der Waals surface area contributed by atoms with E-state index >= 15 is 0 Å². The van der Waals surface area contributed by atoms with E-state index in [1.165, 1.54) is 6.42 Å². The Labute approximate surface area is 114 Å². The summed E-state index contributed by atoms with van der Waals surface area (Å²) >= 11 is 0. The predicted molar refractivity (Wildman–Crippen MR) is 73.2 cm³/mol. The molecule has 1 aliphatic rings. The molecule has 1 aromatic heterocycles. The third-order valence-electron chi connectivity index (χ3n) is 3.76. The zero-order valence-electron chi connectivity index (χ0n) is 12.3. The number of likely N-dealkylation sites (tertiary alicyclic amines) is 1. The number of amides is 1. The summed E-state index contributed by atoms with van der Waals surface area (Å²) in [5.74, 6) is 0.934. The van der Waals surface area contributed by atoms with E-state index in [1.807, 2.05) is 11.8 Å². The molecule has 1 saturated heterocycles. The second-order valence-electron chi connectivity index (χ2n) is 5.51. The maximum atomic E-state index is 12.5. The number of hydrogen-bond donors (Lipinski definition) is 0. The van der Waals surface area contributed by atoms with Gasteiger partial charge in [-0.25, -0.2) is 4.98 Å². The Morgan fingerprint density at radius 3 is 2.68 bits per heavy atom. The fourth-order valence-corrected chi connectivity index (χ4v) is 2.60. The average molecular weight is 265 g/mol. The van der Waals surface area contributed by atoms with Gasteiger partial charge in [0.15, 0.2) is 5.89 Å². The van der Waals surface area contributed by atoms with Crippen molar-refractivity contribution in [3.05, 3.63) is 17.3 Å². The number of carbonyl (C=O) groups excluding carboxylic acids is 1. The van der Waals surface area contributed by atoms with Gasteiger partial charge < -0.3 is 14.2 Å². The summed E-state index contributed by atoms with van der Waals surface area (Å²) in [5.41, 5.74) is 0.688. The molecular weight excluding hydrogens is 242 g/mol. The van der Waals surface area contributed by atoms with Crippen LogP contribution in [0.1, 0.15) is 41.4 Å². The highest BCUT2D eigenvalue weighted by Crippen LogP contribution is 2.18. The highest BCUT2D eigenvalue weighted by atomic mass is 16.4. The molecule has 5 nitrogen and oxygen atoms in total. The van der Waals surface area contributed by atoms with Gasteiger partial charge in [0.05, 0.1) is 5.69 Å². The van der Waals surface area contributed by atoms with Gasteiger partial charge >= 0.3 is 0 Å². The first-order valence-electron chi connectivity index (χ1n) is 6.88. The Bertz CT molecular complexity index is 454. The van der Waals surface area contributed by atoms with Crippen molar-refractivity contribution in [1.29, 1.82) is 0 Å². The van der Waals surface area contributed by atoms with Crippen LogP contribution in [-0.2, 0) is 0 Å². The van der Waals surface area contributed by atoms with Gasteiger partial charge in [0.2, 0.25) is 5.76 Å². The third kappa shape index (κ3) is 3.15. The molecule has 1 atom stereocenters. The second-order valence-corrected chi connectivity index (χ2v) is 5.51. The van der Waals surface area contributed by atoms with Crippen molar-refractivity contribution in [2.75, 3.05) is 27.2 Å². The number of nitrogens with zero attached hydrogens (tertiary/aromatic N) is 3. The minimum absolute atomic E-state index is 0.0214. The predicted octanol–water partition coefficient (Wildman–Crippen LogP) is 1.85. The molecule has 2 rings (SSSR count). The number of likely N-dealkylation sites (N-methyl/N-ethyl adjacent to an activating group) is 1. The Morgan fingerprint density at radius 1 is 1.37 bits per heavy atom. The van der Waals surface area contributed by atoms with Crippen LogP contribution in [0.15, 0.2) is 4.42 Å². The molecule has 5 heteroatoms. The van der Waals surface area contributed by atoms with Crippen LogP contribution in [0.5, 0.6) is 0 Å². The Kier molecular flexibility index (Phi) is 4.24. The second kappa shape index (κ2) is 5.74. The summed E-state index contributed by atoms with van der Waals surface area (Å²) < 4.78 is 5.45. The lowest BCUT2D eigenvalue weighted by molar-refractivity contribution is 0.0691. The molecule has 0 bridgehead atoms. The Morgan fingerprint density at radius 2 is 2.11 bits per heavy atom. The number of aromatic nitrogens is 1. The van der Waals surface area contributed by atoms with Gasteiger partial charge in [0, 0.05) is 26.1 Å². The van der Waals surface area contributed by atoms with E-state index in [0.717, 1.165) is 25.9 Å². The fraction of sp³-hybridized carbons (Fsp3) is 0.714. The molecule has 0 spiro atoms. The van der Waals surface area contributed by atoms with Crippen molar-refractivity contribution in [2.24, 2.45) is 0 Å². The van der Waals surface area contributed by atoms with E-state index in [4.69, 9.17) is 4.42 Å². The summed E-state index contributed by atoms with van der Waals surface area (Å²) in [5, 5.41) is 0. The number of hydrogen-bond acceptors (Lipinski definition) is 4. The van der Waals surface area contributed by atoms with Gasteiger partial charge in [-0.3, -0.25) is 4.79 Å². The van der Waals surface area contributed by atoms with Crippen molar-refractivity contribution < 1.29 is 9.21 Å². The maximum Gasteiger partial charge on any atom is 0.291 e. The lowest BCUT2D eigenvalue weighted by Crippen LogP contribution is -2.42. The standard InChI is InChI=1S/C14H23N3O2/c1-10-13(19-11(2)15-10)14(18)17-8-6-5-7-12(9-17)16(3)4/h12H,5-9H2,1-4H3. The summed E-state index contributed by atoms with van der Waals surface area (Å²) in [6, 6.07) is 0.427. The van der Waals surface area contributed by atoms with Gasteiger partial charge in [-0.05, 0) is 33.9 Å². The van der Waals surface area contributed by atoms with E-state index in [-0.39, 0.29) is 5.91 Å². The molecule has 2 heterocycles. The zero-order valence-corrected chi connectivity index (χ0v) is 12.3. The van der Waals surface area contributed by atoms with E-state index in [1.54, 1.807) is 6.92 Å². The number of oxazole rings is 1. The molecule has 1 fully saturated rings. The molecule has 1 aromatic rings. The van der Waals surface area contributed by atoms with Crippen molar-refractivity contribution in [3.63, 3.8) is 0 Å². The summed E-state index contributed by atoms with van der Waals surface area (Å²) in [4.78, 5) is 20.8. The number of aryl methyl sites for hydroxylation is 2. The molecule has 0 saturated carbocycles. The van der Waals surface area contributed by atoms with E-state index in [9.17, 15) is 4.79 Å². The van der Waals surface area contributed by atoms with Gasteiger partial charge in [-0.2, -0.15) is 0 Å². The Hall–Kier alpha value is -1.36. The first-order chi connectivity index (χ1) is 8.99. The SMILES string of the molecule is Cc1nc(C)c(C(=O)N2CCCCC(N(C)C)C2)o1. The smallest absolute Gasteiger partial charge is 0.291 e. The van der Waals surface area contributed by atoms with Crippen molar-refractivity contribution in [3.8, 4) is 0 Å². The molecule has 1 unspecified atom stereocenters. The van der Waals surface area contributed by atoms with Crippen LogP contribution in [0, 0.1) is 13.8 Å². The minimum atomic E-state index is -0.0214. The van der Waals surface area contributed by atoms with E-state index in [2.05, 4.69) is 24.0 Å². The summed E-state index contributed by atoms with van der Waals surface area (Å²) in [6.07, 6.45) is 3.37. The monoisotopic (exact) mass is 265 g/mol. The van der Waals surface area contributed by atoms with Crippen LogP contribution in [0.3, 0.4) is 0 Å². The molecule has 1 aliphatic heterocycles. The number of rotatable bonds is 2. The zero-order chi connectivity index (χ0) is 14.0. The normalized spacial score (nSPS) is 20.7. The van der Waals surface area contributed by atoms with Gasteiger partial charge in [-0.15, -0.1) is 0 Å². The van der Waals surface area contributed by atoms with Crippen LogP contribution in [0.4, 0.5) is 0 Å². The van der Waals surface area contributed by atoms with Gasteiger partial charge in [0.1, 0.15) is 0 Å². The topological polar surface area (TPSA) is 49.6 Å². The van der Waals surface area contributed by atoms with Crippen LogP contribution in [0.2, 0.25) is 0 Å². The quantitative estimate of drug-likeness (QED) is 0.819. The molecule has 1 amide bonds. The van der Waals surface area contributed by atoms with Crippen LogP contribution in [-0.4, -0.2) is 53.9 Å². The van der Waals surface area contributed by atoms with Gasteiger partial charge in [-0.1, -0.05) is 6.42 Å². The average Bonchev–Trinajstić information content (AvgIpc) is 2.57. The maximum absolute atomic E-state index is 12.5. The van der Waals surface area contributed by atoms with Crippen LogP contribution in [0.25, 0.3) is 0 Å². The largest absolute Gasteiger partial charge is 0.436 e. The van der Waals surface area contributed by atoms with Crippen LogP contribution >= 0.6 is 0 Å². The molecule has 19 heavy (non-hydrogen) atoms. The lowest BCUT2D eigenvalue weighted by Gasteiger charge is -2.28. The van der Waals surface area contributed by atoms with E-state index < -0.39 is 0 Å². The van der Waals surface area contributed by atoms with Crippen molar-refractivity contribution in [2.45, 2.75) is 39.2 Å². The molecule has 0 N–H and O–H groups in total. The molecule has 0 aromatic carbocycles.